The minimum Gasteiger partial charge on any atom is -0.497 e. The summed E-state index contributed by atoms with van der Waals surface area (Å²) >= 11 is 0. The Balaban J connectivity index is 1.77. The van der Waals surface area contributed by atoms with E-state index in [4.69, 9.17) is 9.47 Å². The molecule has 2 aromatic carbocycles. The number of alkyl halides is 3. The van der Waals surface area contributed by atoms with Crippen LogP contribution in [0.2, 0.25) is 0 Å². The van der Waals surface area contributed by atoms with Crippen molar-refractivity contribution in [2.75, 3.05) is 19.5 Å². The minimum atomic E-state index is -4.76. The summed E-state index contributed by atoms with van der Waals surface area (Å²) < 4.78 is 51.9. The van der Waals surface area contributed by atoms with Crippen LogP contribution < -0.4 is 14.8 Å². The Morgan fingerprint density at radius 1 is 1.00 bits per heavy atom. The topological polar surface area (TPSA) is 90.6 Å². The first kappa shape index (κ1) is 21.1. The molecule has 0 fully saturated rings. The Morgan fingerprint density at radius 2 is 1.72 bits per heavy atom. The number of methoxy groups -OCH3 is 2. The second-order valence-corrected chi connectivity index (χ2v) is 6.55. The fraction of sp³-hybridized carbons (Fsp3) is 0.143. The molecule has 8 nitrogen and oxygen atoms in total. The van der Waals surface area contributed by atoms with Crippen LogP contribution in [0.25, 0.3) is 17.0 Å². The van der Waals surface area contributed by atoms with Gasteiger partial charge in [0.1, 0.15) is 11.5 Å². The van der Waals surface area contributed by atoms with E-state index in [-0.39, 0.29) is 11.5 Å². The molecule has 0 aliphatic heterocycles. The number of halogens is 3. The zero-order valence-electron chi connectivity index (χ0n) is 16.8. The first-order chi connectivity index (χ1) is 15.3. The lowest BCUT2D eigenvalue weighted by molar-refractivity contribution is -0.142. The van der Waals surface area contributed by atoms with E-state index < -0.39 is 23.6 Å². The molecule has 2 aromatic heterocycles. The molecule has 1 amide bonds. The molecule has 0 aliphatic carbocycles. The molecular weight excluding hydrogens is 427 g/mol. The third kappa shape index (κ3) is 4.04. The third-order valence-electron chi connectivity index (χ3n) is 4.55. The smallest absolute Gasteiger partial charge is 0.433 e. The number of fused-ring (bicyclic) bond motifs is 1. The Bertz CT molecular complexity index is 1290. The Kier molecular flexibility index (Phi) is 5.39. The van der Waals surface area contributed by atoms with Gasteiger partial charge in [0, 0.05) is 5.56 Å². The Labute approximate surface area is 179 Å². The van der Waals surface area contributed by atoms with Crippen molar-refractivity contribution >= 4 is 17.4 Å². The summed E-state index contributed by atoms with van der Waals surface area (Å²) in [7, 11) is 2.91. The molecule has 0 unspecified atom stereocenters. The van der Waals surface area contributed by atoms with Crippen molar-refractivity contribution in [2.45, 2.75) is 6.18 Å². The molecule has 11 heteroatoms. The lowest BCUT2D eigenvalue weighted by atomic mass is 10.1. The maximum Gasteiger partial charge on any atom is 0.433 e. The Hall–Kier alpha value is -4.15. The predicted octanol–water partition coefficient (Wildman–Crippen LogP) is 4.08. The number of aromatic nitrogens is 4. The van der Waals surface area contributed by atoms with Crippen LogP contribution in [-0.2, 0) is 6.18 Å². The summed E-state index contributed by atoms with van der Waals surface area (Å²) in [6, 6.07) is 13.8. The monoisotopic (exact) mass is 443 g/mol. The number of hydrogen-bond donors (Lipinski definition) is 1. The normalized spacial score (nSPS) is 11.4. The molecule has 1 N–H and O–H groups in total. The molecule has 0 aliphatic rings. The van der Waals surface area contributed by atoms with E-state index in [1.807, 2.05) is 0 Å². The summed E-state index contributed by atoms with van der Waals surface area (Å²) in [6.45, 7) is 0. The highest BCUT2D eigenvalue weighted by Crippen LogP contribution is 2.32. The molecule has 2 heterocycles. The fourth-order valence-corrected chi connectivity index (χ4v) is 3.00. The third-order valence-corrected chi connectivity index (χ3v) is 4.55. The van der Waals surface area contributed by atoms with Gasteiger partial charge in [-0.3, -0.25) is 4.79 Å². The van der Waals surface area contributed by atoms with Crippen molar-refractivity contribution in [3.63, 3.8) is 0 Å². The van der Waals surface area contributed by atoms with E-state index in [1.54, 1.807) is 48.5 Å². The van der Waals surface area contributed by atoms with Crippen LogP contribution in [0.1, 0.15) is 16.3 Å². The average molecular weight is 443 g/mol. The Morgan fingerprint density at radius 3 is 2.38 bits per heavy atom. The van der Waals surface area contributed by atoms with Crippen LogP contribution >= 0.6 is 0 Å². The van der Waals surface area contributed by atoms with Gasteiger partial charge in [-0.15, -0.1) is 5.10 Å². The number of nitrogens with one attached hydrogen (secondary N) is 1. The highest BCUT2D eigenvalue weighted by atomic mass is 19.4. The van der Waals surface area contributed by atoms with Gasteiger partial charge in [-0.1, -0.05) is 12.1 Å². The molecule has 164 valence electrons. The van der Waals surface area contributed by atoms with Gasteiger partial charge in [-0.2, -0.15) is 22.7 Å². The number of para-hydroxylation sites is 2. The van der Waals surface area contributed by atoms with E-state index in [9.17, 15) is 18.0 Å². The van der Waals surface area contributed by atoms with Gasteiger partial charge in [0.2, 0.25) is 5.82 Å². The van der Waals surface area contributed by atoms with E-state index >= 15 is 0 Å². The van der Waals surface area contributed by atoms with Crippen molar-refractivity contribution in [3.8, 4) is 22.8 Å². The molecule has 0 saturated heterocycles. The number of amides is 1. The summed E-state index contributed by atoms with van der Waals surface area (Å²) in [5.74, 6) is -0.722. The van der Waals surface area contributed by atoms with Crippen LogP contribution in [0.3, 0.4) is 0 Å². The zero-order chi connectivity index (χ0) is 22.9. The van der Waals surface area contributed by atoms with Gasteiger partial charge in [-0.25, -0.2) is 4.98 Å². The van der Waals surface area contributed by atoms with Crippen molar-refractivity contribution < 1.29 is 27.4 Å². The van der Waals surface area contributed by atoms with Gasteiger partial charge >= 0.3 is 6.18 Å². The van der Waals surface area contributed by atoms with Gasteiger partial charge in [0.25, 0.3) is 11.7 Å². The maximum absolute atomic E-state index is 13.7. The fourth-order valence-electron chi connectivity index (χ4n) is 3.00. The molecule has 0 radical (unpaired) electrons. The summed E-state index contributed by atoms with van der Waals surface area (Å²) in [5.41, 5.74) is -0.350. The van der Waals surface area contributed by atoms with Crippen molar-refractivity contribution in [1.29, 1.82) is 0 Å². The molecular formula is C21H16F3N5O3. The largest absolute Gasteiger partial charge is 0.497 e. The molecule has 0 spiro atoms. The van der Waals surface area contributed by atoms with E-state index in [1.165, 1.54) is 14.2 Å². The van der Waals surface area contributed by atoms with Gasteiger partial charge in [-0.05, 0) is 42.5 Å². The number of nitrogens with zero attached hydrogens (tertiary/aromatic N) is 4. The second kappa shape index (κ2) is 8.17. The number of ether oxygens (including phenoxy) is 2. The molecule has 0 atom stereocenters. The quantitative estimate of drug-likeness (QED) is 0.500. The van der Waals surface area contributed by atoms with Crippen molar-refractivity contribution in [3.05, 3.63) is 66.1 Å². The lowest BCUT2D eigenvalue weighted by Gasteiger charge is -2.10. The number of carbonyl (C=O) groups excluding carboxylic acids is 1. The van der Waals surface area contributed by atoms with Crippen LogP contribution in [-0.4, -0.2) is 39.7 Å². The number of anilines is 1. The number of benzene rings is 2. The lowest BCUT2D eigenvalue weighted by Crippen LogP contribution is -2.16. The second-order valence-electron chi connectivity index (χ2n) is 6.55. The molecule has 4 aromatic rings. The number of hydrogen-bond acceptors (Lipinski definition) is 6. The molecule has 32 heavy (non-hydrogen) atoms. The maximum atomic E-state index is 13.7. The van der Waals surface area contributed by atoms with Crippen LogP contribution in [0.5, 0.6) is 11.5 Å². The van der Waals surface area contributed by atoms with Gasteiger partial charge in [0.15, 0.2) is 5.69 Å². The number of carbonyl (C=O) groups is 1. The van der Waals surface area contributed by atoms with Crippen molar-refractivity contribution in [1.82, 2.24) is 19.6 Å². The van der Waals surface area contributed by atoms with Crippen LogP contribution in [0, 0.1) is 0 Å². The zero-order valence-corrected chi connectivity index (χ0v) is 16.8. The first-order valence-electron chi connectivity index (χ1n) is 9.24. The minimum absolute atomic E-state index is 0.0246. The van der Waals surface area contributed by atoms with Crippen LogP contribution in [0.15, 0.2) is 54.6 Å². The highest BCUT2D eigenvalue weighted by Gasteiger charge is 2.36. The standard InChI is InChI=1S/C21H16F3N5O3/c1-31-13-9-7-12(8-10-13)15-11-17(21(22,23)24)29-20(26-15)27-18(28-29)19(30)25-14-5-3-4-6-16(14)32-2/h3-11H,1-2H3,(H,25,30). The molecule has 4 rings (SSSR count). The van der Waals surface area contributed by atoms with Crippen molar-refractivity contribution in [2.24, 2.45) is 0 Å². The number of rotatable bonds is 5. The highest BCUT2D eigenvalue weighted by molar-refractivity contribution is 6.02. The van der Waals surface area contributed by atoms with E-state index in [2.05, 4.69) is 20.4 Å². The SMILES string of the molecule is COc1ccc(-c2cc(C(F)(F)F)n3nc(C(=O)Nc4ccccc4OC)nc3n2)cc1. The van der Waals surface area contributed by atoms with Gasteiger partial charge < -0.3 is 14.8 Å². The summed E-state index contributed by atoms with van der Waals surface area (Å²) in [4.78, 5) is 20.7. The van der Waals surface area contributed by atoms with E-state index in [0.29, 0.717) is 27.3 Å². The predicted molar refractivity (Wildman–Crippen MR) is 109 cm³/mol. The average Bonchev–Trinajstić information content (AvgIpc) is 3.22. The molecule has 0 saturated carbocycles. The van der Waals surface area contributed by atoms with E-state index in [0.717, 1.165) is 6.07 Å². The molecule has 0 bridgehead atoms. The van der Waals surface area contributed by atoms with Crippen LogP contribution in [0.4, 0.5) is 18.9 Å². The summed E-state index contributed by atoms with van der Waals surface area (Å²) in [5, 5.41) is 6.27. The van der Waals surface area contributed by atoms with Gasteiger partial charge in [0.05, 0.1) is 25.6 Å². The first-order valence-corrected chi connectivity index (χ1v) is 9.24. The summed E-state index contributed by atoms with van der Waals surface area (Å²) in [6.07, 6.45) is -4.76.